The average molecular weight is 336 g/mol. The highest BCUT2D eigenvalue weighted by atomic mass is 32.2. The maximum Gasteiger partial charge on any atom is 0.246 e. The third-order valence-electron chi connectivity index (χ3n) is 4.93. The predicted molar refractivity (Wildman–Crippen MR) is 88.6 cm³/mol. The van der Waals surface area contributed by atoms with Crippen molar-refractivity contribution in [3.8, 4) is 0 Å². The summed E-state index contributed by atoms with van der Waals surface area (Å²) in [5, 5.41) is 4.16. The molecule has 118 valence electrons. The first-order valence-electron chi connectivity index (χ1n) is 7.86. The first-order chi connectivity index (χ1) is 10.6. The molecule has 2 atom stereocenters. The quantitative estimate of drug-likeness (QED) is 0.849. The van der Waals surface area contributed by atoms with Crippen LogP contribution in [0.1, 0.15) is 38.2 Å². The Kier molecular flexibility index (Phi) is 3.49. The van der Waals surface area contributed by atoms with E-state index in [-0.39, 0.29) is 22.7 Å². The zero-order valence-corrected chi connectivity index (χ0v) is 14.3. The summed E-state index contributed by atoms with van der Waals surface area (Å²) in [7, 11) is 0. The van der Waals surface area contributed by atoms with Crippen molar-refractivity contribution in [3.05, 3.63) is 22.4 Å². The molecule has 0 N–H and O–H groups in total. The Morgan fingerprint density at radius 1 is 1.50 bits per heavy atom. The Balaban J connectivity index is 1.55. The molecule has 0 spiro atoms. The van der Waals surface area contributed by atoms with Crippen molar-refractivity contribution in [3.63, 3.8) is 0 Å². The van der Waals surface area contributed by atoms with E-state index < -0.39 is 0 Å². The molecule has 1 saturated carbocycles. The first kappa shape index (κ1) is 14.6. The highest BCUT2D eigenvalue weighted by Gasteiger charge is 2.54. The summed E-state index contributed by atoms with van der Waals surface area (Å²) in [5.74, 6) is 1.05. The van der Waals surface area contributed by atoms with Crippen LogP contribution in [0.3, 0.4) is 0 Å². The van der Waals surface area contributed by atoms with Crippen LogP contribution in [-0.4, -0.2) is 44.3 Å². The van der Waals surface area contributed by atoms with Gasteiger partial charge >= 0.3 is 0 Å². The van der Waals surface area contributed by atoms with Gasteiger partial charge in [-0.3, -0.25) is 9.59 Å². The van der Waals surface area contributed by atoms with E-state index in [1.807, 2.05) is 9.80 Å². The van der Waals surface area contributed by atoms with Gasteiger partial charge in [0.2, 0.25) is 11.8 Å². The van der Waals surface area contributed by atoms with E-state index in [4.69, 9.17) is 0 Å². The molecule has 2 unspecified atom stereocenters. The molecule has 4 nitrogen and oxygen atoms in total. The van der Waals surface area contributed by atoms with Gasteiger partial charge in [0.05, 0.1) is 4.87 Å². The van der Waals surface area contributed by atoms with Crippen LogP contribution >= 0.6 is 23.1 Å². The maximum atomic E-state index is 13.1. The minimum absolute atomic E-state index is 0.150. The summed E-state index contributed by atoms with van der Waals surface area (Å²) in [6.45, 7) is 2.79. The minimum atomic E-state index is -0.260. The number of rotatable bonds is 4. The third-order valence-corrected chi connectivity index (χ3v) is 7.17. The zero-order valence-electron chi connectivity index (χ0n) is 12.7. The number of carbonyl (C=O) groups excluding carboxylic acids is 2. The SMILES string of the molecule is CC12CCC(=O)N1C(C(=O)N(Cc1ccsc1)C1CC1)CS2. The van der Waals surface area contributed by atoms with Crippen LogP contribution in [0.4, 0.5) is 0 Å². The van der Waals surface area contributed by atoms with Gasteiger partial charge in [0.25, 0.3) is 0 Å². The van der Waals surface area contributed by atoms with E-state index in [1.54, 1.807) is 23.1 Å². The molecular weight excluding hydrogens is 316 g/mol. The summed E-state index contributed by atoms with van der Waals surface area (Å²) < 4.78 is 0. The van der Waals surface area contributed by atoms with Gasteiger partial charge in [-0.2, -0.15) is 11.3 Å². The number of thiophene rings is 1. The van der Waals surface area contributed by atoms with Gasteiger partial charge in [-0.05, 0) is 48.6 Å². The van der Waals surface area contributed by atoms with Gasteiger partial charge in [-0.1, -0.05) is 0 Å². The standard InChI is InChI=1S/C16H20N2O2S2/c1-16-6-4-14(19)18(16)13(10-22-16)15(20)17(12-2-3-12)8-11-5-7-21-9-11/h5,7,9,12-13H,2-4,6,8,10H2,1H3. The smallest absolute Gasteiger partial charge is 0.246 e. The summed E-state index contributed by atoms with van der Waals surface area (Å²) in [4.78, 5) is 29.1. The molecule has 1 aromatic heterocycles. The van der Waals surface area contributed by atoms with Gasteiger partial charge < -0.3 is 9.80 Å². The second-order valence-electron chi connectivity index (χ2n) is 6.59. The molecule has 0 aromatic carbocycles. The van der Waals surface area contributed by atoms with E-state index in [1.165, 1.54) is 5.56 Å². The maximum absolute atomic E-state index is 13.1. The Bertz CT molecular complexity index is 599. The number of nitrogens with zero attached hydrogens (tertiary/aromatic N) is 2. The number of amides is 2. The van der Waals surface area contributed by atoms with Crippen LogP contribution in [0.25, 0.3) is 0 Å². The fraction of sp³-hybridized carbons (Fsp3) is 0.625. The summed E-state index contributed by atoms with van der Waals surface area (Å²) in [5.41, 5.74) is 1.20. The predicted octanol–water partition coefficient (Wildman–Crippen LogP) is 2.69. The lowest BCUT2D eigenvalue weighted by Crippen LogP contribution is -2.51. The van der Waals surface area contributed by atoms with Crippen LogP contribution in [-0.2, 0) is 16.1 Å². The normalized spacial score (nSPS) is 30.7. The molecule has 2 amide bonds. The van der Waals surface area contributed by atoms with Crippen molar-refractivity contribution >= 4 is 34.9 Å². The Labute approximate surface area is 138 Å². The van der Waals surface area contributed by atoms with Gasteiger partial charge in [0, 0.05) is 24.8 Å². The van der Waals surface area contributed by atoms with Crippen molar-refractivity contribution in [2.45, 2.75) is 56.1 Å². The minimum Gasteiger partial charge on any atom is -0.334 e. The first-order valence-corrected chi connectivity index (χ1v) is 9.79. The van der Waals surface area contributed by atoms with Gasteiger partial charge in [-0.15, -0.1) is 11.8 Å². The lowest BCUT2D eigenvalue weighted by Gasteiger charge is -2.33. The molecule has 0 radical (unpaired) electrons. The fourth-order valence-electron chi connectivity index (χ4n) is 3.55. The number of fused-ring (bicyclic) bond motifs is 1. The van der Waals surface area contributed by atoms with Gasteiger partial charge in [0.1, 0.15) is 6.04 Å². The molecule has 1 aromatic rings. The van der Waals surface area contributed by atoms with Crippen LogP contribution in [0.2, 0.25) is 0 Å². The molecule has 3 heterocycles. The third kappa shape index (κ3) is 2.36. The van der Waals surface area contributed by atoms with E-state index in [0.29, 0.717) is 19.0 Å². The second kappa shape index (κ2) is 5.27. The Morgan fingerprint density at radius 2 is 2.32 bits per heavy atom. The van der Waals surface area contributed by atoms with Crippen molar-refractivity contribution < 1.29 is 9.59 Å². The van der Waals surface area contributed by atoms with E-state index in [9.17, 15) is 9.59 Å². The monoisotopic (exact) mass is 336 g/mol. The van der Waals surface area contributed by atoms with Gasteiger partial charge in [-0.25, -0.2) is 0 Å². The van der Waals surface area contributed by atoms with Crippen LogP contribution in [0, 0.1) is 0 Å². The molecule has 4 rings (SSSR count). The molecule has 2 aliphatic heterocycles. The van der Waals surface area contributed by atoms with Crippen LogP contribution in [0.5, 0.6) is 0 Å². The highest BCUT2D eigenvalue weighted by molar-refractivity contribution is 8.01. The summed E-state index contributed by atoms with van der Waals surface area (Å²) in [6.07, 6.45) is 3.65. The molecule has 6 heteroatoms. The number of carbonyl (C=O) groups is 2. The summed E-state index contributed by atoms with van der Waals surface area (Å²) in [6, 6.07) is 2.20. The van der Waals surface area contributed by atoms with E-state index in [0.717, 1.165) is 25.0 Å². The second-order valence-corrected chi connectivity index (χ2v) is 8.88. The lowest BCUT2D eigenvalue weighted by atomic mass is 10.2. The Morgan fingerprint density at radius 3 is 3.00 bits per heavy atom. The van der Waals surface area contributed by atoms with Crippen molar-refractivity contribution in [1.29, 1.82) is 0 Å². The Hall–Kier alpha value is -1.01. The lowest BCUT2D eigenvalue weighted by molar-refractivity contribution is -0.144. The largest absolute Gasteiger partial charge is 0.334 e. The molecule has 2 saturated heterocycles. The van der Waals surface area contributed by atoms with Crippen molar-refractivity contribution in [2.24, 2.45) is 0 Å². The van der Waals surface area contributed by atoms with Crippen LogP contribution in [0.15, 0.2) is 16.8 Å². The number of thioether (sulfide) groups is 1. The highest BCUT2D eigenvalue weighted by Crippen LogP contribution is 2.48. The molecule has 0 bridgehead atoms. The number of hydrogen-bond donors (Lipinski definition) is 0. The fourth-order valence-corrected chi connectivity index (χ4v) is 5.63. The van der Waals surface area contributed by atoms with Crippen molar-refractivity contribution in [1.82, 2.24) is 9.80 Å². The molecular formula is C16H20N2O2S2. The molecule has 3 fully saturated rings. The number of hydrogen-bond acceptors (Lipinski definition) is 4. The molecule has 1 aliphatic carbocycles. The molecule has 3 aliphatic rings. The van der Waals surface area contributed by atoms with E-state index in [2.05, 4.69) is 23.8 Å². The average Bonchev–Trinajstić information content (AvgIpc) is 2.96. The van der Waals surface area contributed by atoms with E-state index >= 15 is 0 Å². The topological polar surface area (TPSA) is 40.6 Å². The molecule has 22 heavy (non-hydrogen) atoms. The van der Waals surface area contributed by atoms with Gasteiger partial charge in [0.15, 0.2) is 0 Å². The van der Waals surface area contributed by atoms with Crippen molar-refractivity contribution in [2.75, 3.05) is 5.75 Å². The zero-order chi connectivity index (χ0) is 15.3. The summed E-state index contributed by atoms with van der Waals surface area (Å²) >= 11 is 3.44. The van der Waals surface area contributed by atoms with Crippen LogP contribution < -0.4 is 0 Å².